The number of aryl methyl sites for hydroxylation is 1. The summed E-state index contributed by atoms with van der Waals surface area (Å²) in [6.07, 6.45) is 6.72. The van der Waals surface area contributed by atoms with Crippen molar-refractivity contribution in [2.75, 3.05) is 78.1 Å². The Balaban J connectivity index is 1.14. The molecule has 5 atom stereocenters. The Morgan fingerprint density at radius 2 is 1.72 bits per heavy atom. The van der Waals surface area contributed by atoms with Crippen molar-refractivity contribution in [2.45, 2.75) is 109 Å². The standard InChI is InChI=1S/C53H69N9O7/c1-7-61-46-13-10-34-25-40(46)42(49(61)41-26-37(28-55-48(41)32(2)67-6)60-19-17-59(18-20-60)36-11-12-36)27-53(3,4)31-69-52(66)43-9-8-16-62(57-43)51(65)44-23-33-21-35(34)24-38(22-33)68-30-45-39(14-15-54-45)50(64)58(5)29-47(63)56-44/h10,13,21-22,24-26,28,32,36,39,43-45,54,57H,7-9,11-12,14-20,23,27,29-31H2,1-6H3,(H,56,63)/t32-,39-,43-,44-,45+/m0/s1. The number of nitrogens with zero attached hydrogens (tertiary/aromatic N) is 6. The van der Waals surface area contributed by atoms with Crippen LogP contribution < -0.4 is 25.7 Å². The minimum atomic E-state index is -1.02. The van der Waals surface area contributed by atoms with Crippen molar-refractivity contribution in [1.82, 2.24) is 40.4 Å². The number of esters is 1. The fraction of sp³-hybridized carbons (Fsp3) is 0.566. The van der Waals surface area contributed by atoms with E-state index in [1.165, 1.54) is 22.8 Å². The number of piperazine rings is 1. The van der Waals surface area contributed by atoms with Crippen molar-refractivity contribution in [2.24, 2.45) is 11.3 Å². The van der Waals surface area contributed by atoms with Gasteiger partial charge in [-0.2, -0.15) is 0 Å². The second-order valence-electron chi connectivity index (χ2n) is 21.0. The molecule has 8 bridgehead atoms. The molecule has 0 spiro atoms. The van der Waals surface area contributed by atoms with Crippen molar-refractivity contribution in [3.8, 4) is 28.1 Å². The highest BCUT2D eigenvalue weighted by molar-refractivity contribution is 5.96. The van der Waals surface area contributed by atoms with E-state index in [1.807, 2.05) is 18.3 Å². The zero-order chi connectivity index (χ0) is 48.1. The smallest absolute Gasteiger partial charge is 0.324 e. The predicted octanol–water partition coefficient (Wildman–Crippen LogP) is 4.86. The van der Waals surface area contributed by atoms with Crippen LogP contribution in [0.2, 0.25) is 0 Å². The Kier molecular flexibility index (Phi) is 13.2. The van der Waals surface area contributed by atoms with Crippen LogP contribution in [-0.2, 0) is 48.0 Å². The zero-order valence-electron chi connectivity index (χ0n) is 41.1. The number of hydrogen-bond acceptors (Lipinski definition) is 12. The number of amides is 3. The van der Waals surface area contributed by atoms with Crippen molar-refractivity contribution < 1.29 is 33.4 Å². The first-order valence-electron chi connectivity index (χ1n) is 25.2. The first kappa shape index (κ1) is 47.1. The van der Waals surface area contributed by atoms with Crippen LogP contribution in [0, 0.1) is 11.3 Å². The van der Waals surface area contributed by atoms with E-state index >= 15 is 0 Å². The summed E-state index contributed by atoms with van der Waals surface area (Å²) in [5.41, 5.74) is 11.5. The zero-order valence-corrected chi connectivity index (χ0v) is 41.1. The lowest BCUT2D eigenvalue weighted by atomic mass is 9.84. The molecular weight excluding hydrogens is 875 g/mol. The van der Waals surface area contributed by atoms with Gasteiger partial charge in [-0.15, -0.1) is 0 Å². The second kappa shape index (κ2) is 19.3. The lowest BCUT2D eigenvalue weighted by molar-refractivity contribution is -0.155. The predicted molar refractivity (Wildman–Crippen MR) is 263 cm³/mol. The minimum absolute atomic E-state index is 0.140. The number of methoxy groups -OCH3 is 1. The van der Waals surface area contributed by atoms with Gasteiger partial charge in [0.05, 0.1) is 54.5 Å². The number of carbonyl (C=O) groups excluding carboxylic acids is 4. The number of benzene rings is 2. The van der Waals surface area contributed by atoms with Crippen molar-refractivity contribution in [3.63, 3.8) is 0 Å². The van der Waals surface area contributed by atoms with E-state index in [9.17, 15) is 19.2 Å². The van der Waals surface area contributed by atoms with Crippen LogP contribution in [0.4, 0.5) is 5.69 Å². The quantitative estimate of drug-likeness (QED) is 0.226. The maximum Gasteiger partial charge on any atom is 0.324 e. The van der Waals surface area contributed by atoms with Gasteiger partial charge in [0.25, 0.3) is 5.91 Å². The average molecular weight is 944 g/mol. The number of hydrogen-bond donors (Lipinski definition) is 3. The SMILES string of the molecule is CCn1c(-c2cc(N3CCN(C4CC4)CC3)cnc2[C@H](C)OC)c2c3cc(ccc31)-c1cc3cc(c1)OC[C@H]1NCC[C@@H]1C(=O)N(C)CC(=O)N[C@@H](C3)C(=O)N1CCC[C@H](N1)C(=O)OCC(C)(C)C2. The molecule has 0 radical (unpaired) electrons. The molecule has 3 N–H and O–H groups in total. The molecule has 3 saturated heterocycles. The van der Waals surface area contributed by atoms with Gasteiger partial charge >= 0.3 is 5.97 Å². The molecule has 1 aliphatic carbocycles. The number of fused-ring (bicyclic) bond motifs is 8. The van der Waals surface area contributed by atoms with E-state index in [0.717, 1.165) is 88.0 Å². The first-order valence-corrected chi connectivity index (χ1v) is 25.2. The van der Waals surface area contributed by atoms with Gasteiger partial charge in [-0.3, -0.25) is 34.1 Å². The normalized spacial score (nSPS) is 25.5. The van der Waals surface area contributed by atoms with Gasteiger partial charge in [0.2, 0.25) is 11.8 Å². The lowest BCUT2D eigenvalue weighted by Crippen LogP contribution is -2.61. The molecule has 10 rings (SSSR count). The molecule has 4 fully saturated rings. The van der Waals surface area contributed by atoms with Gasteiger partial charge < -0.3 is 39.2 Å². The van der Waals surface area contributed by atoms with Crippen molar-refractivity contribution >= 4 is 40.3 Å². The molecule has 1 saturated carbocycles. The van der Waals surface area contributed by atoms with E-state index in [2.05, 4.69) is 88.5 Å². The third-order valence-electron chi connectivity index (χ3n) is 15.3. The van der Waals surface area contributed by atoms with Crippen LogP contribution in [0.5, 0.6) is 5.75 Å². The number of cyclic esters (lactones) is 1. The number of ether oxygens (including phenoxy) is 3. The lowest BCUT2D eigenvalue weighted by Gasteiger charge is -2.36. The number of aromatic nitrogens is 2. The van der Waals surface area contributed by atoms with E-state index in [1.54, 1.807) is 14.2 Å². The summed E-state index contributed by atoms with van der Waals surface area (Å²) < 4.78 is 21.3. The summed E-state index contributed by atoms with van der Waals surface area (Å²) >= 11 is 0. The van der Waals surface area contributed by atoms with Crippen LogP contribution in [0.3, 0.4) is 0 Å². The van der Waals surface area contributed by atoms with Gasteiger partial charge in [0, 0.05) is 87.8 Å². The summed E-state index contributed by atoms with van der Waals surface area (Å²) in [7, 11) is 3.35. The number of rotatable bonds is 6. The Morgan fingerprint density at radius 1 is 0.913 bits per heavy atom. The molecule has 7 heterocycles. The molecule has 3 amide bonds. The first-order chi connectivity index (χ1) is 33.3. The highest BCUT2D eigenvalue weighted by Gasteiger charge is 2.39. The topological polar surface area (TPSA) is 163 Å². The summed E-state index contributed by atoms with van der Waals surface area (Å²) in [4.78, 5) is 68.0. The number of nitrogens with one attached hydrogen (secondary N) is 3. The third-order valence-corrected chi connectivity index (χ3v) is 15.3. The molecule has 4 aromatic rings. The molecule has 16 heteroatoms. The maximum absolute atomic E-state index is 14.6. The number of anilines is 1. The number of likely N-dealkylation sites (N-methyl/N-ethyl adjacent to an activating group) is 1. The molecule has 0 unspecified atom stereocenters. The third kappa shape index (κ3) is 9.69. The summed E-state index contributed by atoms with van der Waals surface area (Å²) in [6, 6.07) is 13.7. The van der Waals surface area contributed by atoms with E-state index in [-0.39, 0.29) is 56.1 Å². The minimum Gasteiger partial charge on any atom is -0.492 e. The largest absolute Gasteiger partial charge is 0.492 e. The van der Waals surface area contributed by atoms with Crippen molar-refractivity contribution in [1.29, 1.82) is 0 Å². The Bertz CT molecular complexity index is 2620. The van der Waals surface area contributed by atoms with Crippen LogP contribution >= 0.6 is 0 Å². The molecule has 5 aliphatic heterocycles. The molecule has 368 valence electrons. The second-order valence-corrected chi connectivity index (χ2v) is 21.0. The molecular formula is C53H69N9O7. The van der Waals surface area contributed by atoms with E-state index < -0.39 is 29.4 Å². The Morgan fingerprint density at radius 3 is 2.49 bits per heavy atom. The van der Waals surface area contributed by atoms with Gasteiger partial charge in [-0.1, -0.05) is 26.0 Å². The fourth-order valence-corrected chi connectivity index (χ4v) is 11.4. The Hall–Kier alpha value is -5.55. The molecule has 16 nitrogen and oxygen atoms in total. The maximum atomic E-state index is 14.6. The Labute approximate surface area is 405 Å². The summed E-state index contributed by atoms with van der Waals surface area (Å²) in [5.74, 6) is -1.17. The summed E-state index contributed by atoms with van der Waals surface area (Å²) in [6.45, 7) is 14.4. The van der Waals surface area contributed by atoms with E-state index in [4.69, 9.17) is 19.2 Å². The van der Waals surface area contributed by atoms with Crippen LogP contribution in [0.25, 0.3) is 33.3 Å². The monoisotopic (exact) mass is 944 g/mol. The van der Waals surface area contributed by atoms with Crippen LogP contribution in [-0.4, -0.2) is 145 Å². The molecule has 2 aromatic carbocycles. The average Bonchev–Trinajstić information content (AvgIpc) is 4.03. The van der Waals surface area contributed by atoms with E-state index in [0.29, 0.717) is 51.1 Å². The molecule has 69 heavy (non-hydrogen) atoms. The number of carbonyl (C=O) groups is 4. The summed E-state index contributed by atoms with van der Waals surface area (Å²) in [5, 5.41) is 8.98. The van der Waals surface area contributed by atoms with Gasteiger partial charge in [-0.05, 0) is 112 Å². The van der Waals surface area contributed by atoms with Crippen LogP contribution in [0.1, 0.15) is 82.7 Å². The molecule has 6 aliphatic rings. The van der Waals surface area contributed by atoms with Crippen LogP contribution in [0.15, 0.2) is 48.7 Å². The molecule has 2 aromatic heterocycles. The highest BCUT2D eigenvalue weighted by Crippen LogP contribution is 2.44. The fourth-order valence-electron chi connectivity index (χ4n) is 11.4. The van der Waals surface area contributed by atoms with Crippen molar-refractivity contribution in [3.05, 3.63) is 65.5 Å². The highest BCUT2D eigenvalue weighted by atomic mass is 16.5. The van der Waals surface area contributed by atoms with Gasteiger partial charge in [0.1, 0.15) is 24.4 Å². The number of pyridine rings is 1. The van der Waals surface area contributed by atoms with Gasteiger partial charge in [-0.25, -0.2) is 5.43 Å². The van der Waals surface area contributed by atoms with Gasteiger partial charge in [0.15, 0.2) is 0 Å². The number of hydrazine groups is 1.